The van der Waals surface area contributed by atoms with E-state index in [1.165, 1.54) is 20.6 Å². The number of aromatic nitrogens is 3. The van der Waals surface area contributed by atoms with Gasteiger partial charge in [-0.1, -0.05) is 56.5 Å². The normalized spacial score (nSPS) is 14.2. The van der Waals surface area contributed by atoms with Crippen molar-refractivity contribution in [3.05, 3.63) is 65.8 Å². The van der Waals surface area contributed by atoms with E-state index in [1.54, 1.807) is 13.0 Å². The van der Waals surface area contributed by atoms with Gasteiger partial charge in [-0.3, -0.25) is 14.9 Å². The van der Waals surface area contributed by atoms with Crippen LogP contribution in [0.5, 0.6) is 0 Å². The summed E-state index contributed by atoms with van der Waals surface area (Å²) >= 11 is 7.44. The van der Waals surface area contributed by atoms with E-state index in [0.717, 1.165) is 38.5 Å². The quantitative estimate of drug-likeness (QED) is 0.445. The molecular weight excluding hydrogens is 461 g/mol. The maximum Gasteiger partial charge on any atom is 0.300 e. The summed E-state index contributed by atoms with van der Waals surface area (Å²) in [5, 5.41) is 4.26. The molecular formula is C21H20ClF2N4OPS. The number of rotatable bonds is 5. The summed E-state index contributed by atoms with van der Waals surface area (Å²) < 4.78 is 30.7. The zero-order valence-electron chi connectivity index (χ0n) is 16.9. The minimum absolute atomic E-state index is 0.153. The highest BCUT2D eigenvalue weighted by Gasteiger charge is 2.34. The summed E-state index contributed by atoms with van der Waals surface area (Å²) in [6.07, 6.45) is 5.78. The monoisotopic (exact) mass is 480 g/mol. The zero-order valence-corrected chi connectivity index (χ0v) is 19.6. The van der Waals surface area contributed by atoms with E-state index in [1.807, 2.05) is 31.2 Å². The van der Waals surface area contributed by atoms with Crippen LogP contribution in [0, 0.1) is 6.92 Å². The molecule has 0 radical (unpaired) electrons. The number of hydrogen-bond acceptors (Lipinski definition) is 4. The van der Waals surface area contributed by atoms with Crippen LogP contribution < -0.4 is 15.4 Å². The number of benzene rings is 1. The SMILES string of the molecule is CC(=NCc1ccc(C)c(Cl)c1)c1c(C(F)(F)P)[nH]n(-c2nc3c(s2)=CCCC=3)c1=O. The molecule has 0 saturated carbocycles. The fourth-order valence-corrected chi connectivity index (χ4v) is 4.73. The Morgan fingerprint density at radius 2 is 2.13 bits per heavy atom. The van der Waals surface area contributed by atoms with Crippen LogP contribution in [0.15, 0.2) is 28.0 Å². The fourth-order valence-electron chi connectivity index (χ4n) is 3.33. The topological polar surface area (TPSA) is 63.0 Å². The average Bonchev–Trinajstić information content (AvgIpc) is 3.29. The first-order valence-electron chi connectivity index (χ1n) is 9.61. The molecule has 10 heteroatoms. The van der Waals surface area contributed by atoms with E-state index in [-0.39, 0.29) is 17.8 Å². The summed E-state index contributed by atoms with van der Waals surface area (Å²) in [5.41, 5.74) is -2.63. The van der Waals surface area contributed by atoms with E-state index >= 15 is 0 Å². The van der Waals surface area contributed by atoms with Gasteiger partial charge in [-0.2, -0.15) is 13.5 Å². The van der Waals surface area contributed by atoms with Gasteiger partial charge in [0.1, 0.15) is 5.69 Å². The lowest BCUT2D eigenvalue weighted by molar-refractivity contribution is 0.0979. The van der Waals surface area contributed by atoms with Crippen molar-refractivity contribution in [3.8, 4) is 5.13 Å². The Hall–Kier alpha value is -2.15. The number of nitrogens with one attached hydrogen (secondary N) is 1. The Morgan fingerprint density at radius 3 is 2.81 bits per heavy atom. The number of fused-ring (bicyclic) bond motifs is 1. The van der Waals surface area contributed by atoms with Crippen LogP contribution in [0.3, 0.4) is 0 Å². The molecule has 1 unspecified atom stereocenters. The third kappa shape index (κ3) is 4.43. The Balaban J connectivity index is 1.78. The van der Waals surface area contributed by atoms with Gasteiger partial charge in [-0.05, 0) is 43.9 Å². The van der Waals surface area contributed by atoms with Gasteiger partial charge in [0.15, 0.2) is 0 Å². The van der Waals surface area contributed by atoms with Crippen LogP contribution in [-0.4, -0.2) is 20.5 Å². The van der Waals surface area contributed by atoms with E-state index < -0.39 is 16.9 Å². The first kappa shape index (κ1) is 22.1. The number of aryl methyl sites for hydroxylation is 1. The second kappa shape index (κ2) is 8.41. The average molecular weight is 481 g/mol. The standard InChI is InChI=1S/C21H20ClF2N4OPS/c1-11-7-8-13(9-14(11)22)10-25-12(2)17-18(21(23,24)30)27-28(19(17)29)20-26-15-5-3-4-6-16(15)31-20/h5-9,27H,3-4,10,30H2,1-2H3. The van der Waals surface area contributed by atoms with Gasteiger partial charge in [-0.15, -0.1) is 0 Å². The minimum Gasteiger partial charge on any atom is -0.286 e. The molecule has 0 fully saturated rings. The first-order valence-corrected chi connectivity index (χ1v) is 11.4. The van der Waals surface area contributed by atoms with E-state index in [0.29, 0.717) is 10.2 Å². The third-order valence-corrected chi connectivity index (χ3v) is 6.76. The highest BCUT2D eigenvalue weighted by molar-refractivity contribution is 7.17. The van der Waals surface area contributed by atoms with Crippen molar-refractivity contribution in [2.75, 3.05) is 0 Å². The zero-order chi connectivity index (χ0) is 22.3. The molecule has 0 spiro atoms. The molecule has 2 heterocycles. The van der Waals surface area contributed by atoms with E-state index in [2.05, 4.69) is 15.1 Å². The number of H-pyrrole nitrogens is 1. The second-order valence-electron chi connectivity index (χ2n) is 7.34. The van der Waals surface area contributed by atoms with Crippen LogP contribution in [0.1, 0.15) is 42.1 Å². The van der Waals surface area contributed by atoms with Gasteiger partial charge in [0.2, 0.25) is 5.13 Å². The van der Waals surface area contributed by atoms with Crippen molar-refractivity contribution in [2.24, 2.45) is 4.99 Å². The highest BCUT2D eigenvalue weighted by Crippen LogP contribution is 2.35. The van der Waals surface area contributed by atoms with Crippen molar-refractivity contribution >= 4 is 50.0 Å². The maximum absolute atomic E-state index is 14.3. The predicted molar refractivity (Wildman–Crippen MR) is 125 cm³/mol. The second-order valence-corrected chi connectivity index (χ2v) is 9.48. The molecule has 162 valence electrons. The number of hydrogen-bond donors (Lipinski definition) is 1. The number of nitrogens with zero attached hydrogens (tertiary/aromatic N) is 3. The maximum atomic E-state index is 14.3. The molecule has 0 bridgehead atoms. The summed E-state index contributed by atoms with van der Waals surface area (Å²) in [6.45, 7) is 3.66. The summed E-state index contributed by atoms with van der Waals surface area (Å²) in [5.74, 6) is 0. The summed E-state index contributed by atoms with van der Waals surface area (Å²) in [4.78, 5) is 22.0. The van der Waals surface area contributed by atoms with E-state index in [4.69, 9.17) is 11.6 Å². The molecule has 1 atom stereocenters. The fraction of sp³-hybridized carbons (Fsp3) is 0.286. The van der Waals surface area contributed by atoms with Crippen molar-refractivity contribution in [1.29, 1.82) is 0 Å². The van der Waals surface area contributed by atoms with E-state index in [9.17, 15) is 13.6 Å². The molecule has 3 aromatic rings. The van der Waals surface area contributed by atoms with Crippen LogP contribution in [0.25, 0.3) is 17.3 Å². The smallest absolute Gasteiger partial charge is 0.286 e. The molecule has 4 rings (SSSR count). The largest absolute Gasteiger partial charge is 0.300 e. The van der Waals surface area contributed by atoms with Crippen LogP contribution >= 0.6 is 32.2 Å². The van der Waals surface area contributed by atoms with Crippen molar-refractivity contribution in [1.82, 2.24) is 14.8 Å². The van der Waals surface area contributed by atoms with Crippen LogP contribution in [-0.2, 0) is 12.2 Å². The number of halogens is 3. The Kier molecular flexibility index (Phi) is 5.99. The van der Waals surface area contributed by atoms with Crippen molar-refractivity contribution < 1.29 is 8.78 Å². The van der Waals surface area contributed by atoms with Gasteiger partial charge in [0, 0.05) is 10.7 Å². The molecule has 0 saturated heterocycles. The summed E-state index contributed by atoms with van der Waals surface area (Å²) in [6, 6.07) is 5.51. The number of alkyl halides is 2. The molecule has 1 aliphatic rings. The summed E-state index contributed by atoms with van der Waals surface area (Å²) in [7, 11) is 1.48. The van der Waals surface area contributed by atoms with Gasteiger partial charge in [-0.25, -0.2) is 4.98 Å². The lowest BCUT2D eigenvalue weighted by Crippen LogP contribution is -2.23. The molecule has 1 N–H and O–H groups in total. The van der Waals surface area contributed by atoms with Gasteiger partial charge < -0.3 is 0 Å². The Labute approximate surface area is 188 Å². The minimum atomic E-state index is -3.33. The van der Waals surface area contributed by atoms with Gasteiger partial charge in [0.25, 0.3) is 11.2 Å². The Bertz CT molecular complexity index is 1330. The number of aliphatic imine (C=N–C) groups is 1. The molecule has 0 aliphatic heterocycles. The molecule has 1 aromatic carbocycles. The van der Waals surface area contributed by atoms with Crippen LogP contribution in [0.2, 0.25) is 5.02 Å². The van der Waals surface area contributed by atoms with Crippen molar-refractivity contribution in [3.63, 3.8) is 0 Å². The molecule has 1 aliphatic carbocycles. The predicted octanol–water partition coefficient (Wildman–Crippen LogP) is 3.87. The molecule has 2 aromatic heterocycles. The highest BCUT2D eigenvalue weighted by atomic mass is 35.5. The molecule has 5 nitrogen and oxygen atoms in total. The van der Waals surface area contributed by atoms with Crippen molar-refractivity contribution in [2.45, 2.75) is 38.9 Å². The first-order chi connectivity index (χ1) is 14.6. The van der Waals surface area contributed by atoms with Crippen LogP contribution in [0.4, 0.5) is 8.78 Å². The molecule has 0 amide bonds. The van der Waals surface area contributed by atoms with Gasteiger partial charge >= 0.3 is 0 Å². The molecule has 31 heavy (non-hydrogen) atoms. The number of thiazole rings is 1. The Morgan fingerprint density at radius 1 is 1.39 bits per heavy atom. The lowest BCUT2D eigenvalue weighted by Gasteiger charge is -2.10. The third-order valence-electron chi connectivity index (χ3n) is 5.02. The number of aromatic amines is 1. The van der Waals surface area contributed by atoms with Gasteiger partial charge in [0.05, 0.1) is 22.0 Å². The lowest BCUT2D eigenvalue weighted by atomic mass is 10.1.